The highest BCUT2D eigenvalue weighted by Crippen LogP contribution is 2.29. The van der Waals surface area contributed by atoms with Crippen molar-refractivity contribution in [2.45, 2.75) is 0 Å². The van der Waals surface area contributed by atoms with E-state index < -0.39 is 5.97 Å². The number of benzene rings is 3. The first-order valence-electron chi connectivity index (χ1n) is 8.40. The third-order valence-corrected chi connectivity index (χ3v) is 4.56. The van der Waals surface area contributed by atoms with Crippen LogP contribution in [-0.2, 0) is 0 Å². The second-order valence-electron chi connectivity index (χ2n) is 6.14. The molecule has 4 rings (SSSR count). The molecule has 0 radical (unpaired) electrons. The maximum Gasteiger partial charge on any atom is 0.336 e. The summed E-state index contributed by atoms with van der Waals surface area (Å²) in [5, 5.41) is 10.9. The van der Waals surface area contributed by atoms with Gasteiger partial charge in [-0.05, 0) is 41.5 Å². The van der Waals surface area contributed by atoms with Crippen LogP contribution in [-0.4, -0.2) is 11.1 Å². The van der Waals surface area contributed by atoms with Crippen molar-refractivity contribution in [1.82, 2.24) is 0 Å². The van der Waals surface area contributed by atoms with Gasteiger partial charge >= 0.3 is 5.97 Å². The third-order valence-electron chi connectivity index (χ3n) is 4.32. The first kappa shape index (κ1) is 17.1. The van der Waals surface area contributed by atoms with E-state index in [9.17, 15) is 9.90 Å². The summed E-state index contributed by atoms with van der Waals surface area (Å²) in [5.41, 5.74) is 3.68. The van der Waals surface area contributed by atoms with Crippen molar-refractivity contribution >= 4 is 40.7 Å². The van der Waals surface area contributed by atoms with Gasteiger partial charge in [0.15, 0.2) is 0 Å². The number of carboxylic acid groups (broad SMARTS) is 1. The van der Waals surface area contributed by atoms with Gasteiger partial charge in [0.2, 0.25) is 0 Å². The topological polar surface area (TPSA) is 50.4 Å². The molecule has 4 aromatic rings. The fourth-order valence-corrected chi connectivity index (χ4v) is 3.12. The number of rotatable bonds is 4. The Bertz CT molecular complexity index is 1150. The van der Waals surface area contributed by atoms with Crippen molar-refractivity contribution in [3.05, 3.63) is 94.5 Å². The molecule has 0 atom stereocenters. The maximum absolute atomic E-state index is 11.3. The van der Waals surface area contributed by atoms with E-state index in [1.807, 2.05) is 60.7 Å². The van der Waals surface area contributed by atoms with E-state index in [1.54, 1.807) is 24.3 Å². The Kier molecular flexibility index (Phi) is 4.53. The predicted octanol–water partition coefficient (Wildman–Crippen LogP) is 6.62. The molecule has 0 saturated heterocycles. The lowest BCUT2D eigenvalue weighted by Gasteiger charge is -2.01. The molecule has 27 heavy (non-hydrogen) atoms. The van der Waals surface area contributed by atoms with Crippen LogP contribution < -0.4 is 0 Å². The molecule has 1 aromatic heterocycles. The highest BCUT2D eigenvalue weighted by molar-refractivity contribution is 6.31. The van der Waals surface area contributed by atoms with Crippen LogP contribution in [0.3, 0.4) is 0 Å². The smallest absolute Gasteiger partial charge is 0.336 e. The molecule has 0 fully saturated rings. The van der Waals surface area contributed by atoms with Crippen molar-refractivity contribution in [1.29, 1.82) is 0 Å². The van der Waals surface area contributed by atoms with Crippen LogP contribution in [0.1, 0.15) is 21.5 Å². The molecule has 3 nitrogen and oxygen atoms in total. The van der Waals surface area contributed by atoms with Crippen LogP contribution in [0.25, 0.3) is 34.4 Å². The first-order chi connectivity index (χ1) is 13.1. The Labute approximate surface area is 161 Å². The highest BCUT2D eigenvalue weighted by atomic mass is 35.5. The van der Waals surface area contributed by atoms with E-state index in [2.05, 4.69) is 0 Å². The summed E-state index contributed by atoms with van der Waals surface area (Å²) >= 11 is 6.02. The quantitative estimate of drug-likeness (QED) is 0.408. The Morgan fingerprint density at radius 1 is 0.926 bits per heavy atom. The molecule has 0 bridgehead atoms. The second-order valence-corrected chi connectivity index (χ2v) is 6.58. The van der Waals surface area contributed by atoms with Crippen LogP contribution >= 0.6 is 11.6 Å². The van der Waals surface area contributed by atoms with Crippen LogP contribution in [0.4, 0.5) is 0 Å². The van der Waals surface area contributed by atoms with Crippen molar-refractivity contribution < 1.29 is 14.3 Å². The standard InChI is InChI=1S/C23H15ClO3/c24-19-11-12-21-18(13-19)14-22(27-21)17-9-6-15(7-10-17)5-8-16-3-1-2-4-20(16)23(25)26/h1-14H,(H,25,26). The number of aromatic carboxylic acids is 1. The fraction of sp³-hybridized carbons (Fsp3) is 0. The molecular formula is C23H15ClO3. The van der Waals surface area contributed by atoms with E-state index in [0.29, 0.717) is 10.6 Å². The van der Waals surface area contributed by atoms with E-state index >= 15 is 0 Å². The monoisotopic (exact) mass is 374 g/mol. The van der Waals surface area contributed by atoms with E-state index in [1.165, 1.54) is 0 Å². The molecule has 1 heterocycles. The summed E-state index contributed by atoms with van der Waals surface area (Å²) in [7, 11) is 0. The Morgan fingerprint density at radius 3 is 2.48 bits per heavy atom. The SMILES string of the molecule is O=C(O)c1ccccc1C=Cc1ccc(-c2cc3cc(Cl)ccc3o2)cc1. The summed E-state index contributed by atoms with van der Waals surface area (Å²) < 4.78 is 5.88. The minimum Gasteiger partial charge on any atom is -0.478 e. The molecule has 132 valence electrons. The van der Waals surface area contributed by atoms with Gasteiger partial charge in [0.25, 0.3) is 0 Å². The largest absolute Gasteiger partial charge is 0.478 e. The summed E-state index contributed by atoms with van der Waals surface area (Å²) in [6.45, 7) is 0. The van der Waals surface area contributed by atoms with Crippen LogP contribution in [0.2, 0.25) is 5.02 Å². The minimum absolute atomic E-state index is 0.284. The molecule has 0 aliphatic rings. The third kappa shape index (κ3) is 3.64. The normalized spacial score (nSPS) is 11.3. The Morgan fingerprint density at radius 2 is 1.70 bits per heavy atom. The van der Waals surface area contributed by atoms with Crippen molar-refractivity contribution in [2.24, 2.45) is 0 Å². The molecule has 0 unspecified atom stereocenters. The molecule has 0 spiro atoms. The minimum atomic E-state index is -0.935. The van der Waals surface area contributed by atoms with Gasteiger partial charge < -0.3 is 9.52 Å². The summed E-state index contributed by atoms with van der Waals surface area (Å²) in [6, 6.07) is 22.3. The Hall–Kier alpha value is -3.30. The van der Waals surface area contributed by atoms with E-state index in [4.69, 9.17) is 16.0 Å². The van der Waals surface area contributed by atoms with E-state index in [-0.39, 0.29) is 5.56 Å². The number of fused-ring (bicyclic) bond motifs is 1. The van der Waals surface area contributed by atoms with Gasteiger partial charge in [0, 0.05) is 16.0 Å². The van der Waals surface area contributed by atoms with Gasteiger partial charge in [-0.1, -0.05) is 66.2 Å². The van der Waals surface area contributed by atoms with Crippen molar-refractivity contribution in [3.8, 4) is 11.3 Å². The zero-order valence-electron chi connectivity index (χ0n) is 14.2. The molecule has 0 saturated carbocycles. The second kappa shape index (κ2) is 7.14. The number of carbonyl (C=O) groups is 1. The number of carboxylic acids is 1. The number of hydrogen-bond acceptors (Lipinski definition) is 2. The van der Waals surface area contributed by atoms with Crippen molar-refractivity contribution in [2.75, 3.05) is 0 Å². The van der Waals surface area contributed by atoms with Gasteiger partial charge in [0.1, 0.15) is 11.3 Å². The zero-order chi connectivity index (χ0) is 18.8. The number of furan rings is 1. The lowest BCUT2D eigenvalue weighted by molar-refractivity contribution is 0.0696. The van der Waals surface area contributed by atoms with Gasteiger partial charge in [-0.25, -0.2) is 4.79 Å². The van der Waals surface area contributed by atoms with Crippen LogP contribution in [0, 0.1) is 0 Å². The zero-order valence-corrected chi connectivity index (χ0v) is 15.0. The van der Waals surface area contributed by atoms with Gasteiger partial charge in [-0.3, -0.25) is 0 Å². The summed E-state index contributed by atoms with van der Waals surface area (Å²) in [5.74, 6) is -0.158. The average molecular weight is 375 g/mol. The highest BCUT2D eigenvalue weighted by Gasteiger charge is 2.07. The van der Waals surface area contributed by atoms with Gasteiger partial charge in [0.05, 0.1) is 5.56 Å². The van der Waals surface area contributed by atoms with E-state index in [0.717, 1.165) is 27.9 Å². The molecular weight excluding hydrogens is 360 g/mol. The first-order valence-corrected chi connectivity index (χ1v) is 8.78. The van der Waals surface area contributed by atoms with Gasteiger partial charge in [-0.15, -0.1) is 0 Å². The molecule has 4 heteroatoms. The van der Waals surface area contributed by atoms with Crippen LogP contribution in [0.5, 0.6) is 0 Å². The molecule has 0 aliphatic carbocycles. The summed E-state index contributed by atoms with van der Waals surface area (Å²) in [4.78, 5) is 11.3. The average Bonchev–Trinajstić information content (AvgIpc) is 3.10. The Balaban J connectivity index is 1.59. The molecule has 0 aliphatic heterocycles. The van der Waals surface area contributed by atoms with Gasteiger partial charge in [-0.2, -0.15) is 0 Å². The van der Waals surface area contributed by atoms with Crippen LogP contribution in [0.15, 0.2) is 77.2 Å². The lowest BCUT2D eigenvalue weighted by atomic mass is 10.0. The lowest BCUT2D eigenvalue weighted by Crippen LogP contribution is -1.98. The summed E-state index contributed by atoms with van der Waals surface area (Å²) in [6.07, 6.45) is 3.70. The molecule has 0 amide bonds. The fourth-order valence-electron chi connectivity index (χ4n) is 2.94. The number of halogens is 1. The predicted molar refractivity (Wildman–Crippen MR) is 109 cm³/mol. The molecule has 3 aromatic carbocycles. The number of hydrogen-bond donors (Lipinski definition) is 1. The van der Waals surface area contributed by atoms with Crippen molar-refractivity contribution in [3.63, 3.8) is 0 Å². The molecule has 1 N–H and O–H groups in total. The maximum atomic E-state index is 11.3.